The Morgan fingerprint density at radius 3 is 1.21 bits per heavy atom. The number of rotatable bonds is 4. The van der Waals surface area contributed by atoms with Crippen LogP contribution >= 0.6 is 0 Å². The number of fused-ring (bicyclic) bond motifs is 13. The molecule has 52 heavy (non-hydrogen) atoms. The van der Waals surface area contributed by atoms with Gasteiger partial charge in [-0.2, -0.15) is 0 Å². The van der Waals surface area contributed by atoms with Crippen LogP contribution in [0.3, 0.4) is 0 Å². The molecule has 10 aromatic rings. The summed E-state index contributed by atoms with van der Waals surface area (Å²) in [6, 6.07) is 71.6. The lowest BCUT2D eigenvalue weighted by Crippen LogP contribution is -2.03. The summed E-state index contributed by atoms with van der Waals surface area (Å²) in [5.74, 6) is 0. The molecule has 0 fully saturated rings. The second kappa shape index (κ2) is 11.4. The molecule has 0 radical (unpaired) electrons. The fourth-order valence-corrected chi connectivity index (χ4v) is 9.07. The maximum absolute atomic E-state index is 2.42. The molecule has 0 saturated heterocycles. The molecule has 0 saturated carbocycles. The number of benzene rings is 10. The summed E-state index contributed by atoms with van der Waals surface area (Å²) in [4.78, 5) is 0. The van der Waals surface area contributed by atoms with Crippen molar-refractivity contribution in [1.82, 2.24) is 0 Å². The largest absolute Gasteiger partial charge is 0.0622 e. The van der Waals surface area contributed by atoms with Crippen molar-refractivity contribution in [3.63, 3.8) is 0 Å². The van der Waals surface area contributed by atoms with Crippen molar-refractivity contribution in [2.75, 3.05) is 0 Å². The van der Waals surface area contributed by atoms with Gasteiger partial charge in [0.15, 0.2) is 0 Å². The fraction of sp³-hybridized carbons (Fsp3) is 0. The lowest BCUT2D eigenvalue weighted by atomic mass is 9.71. The Labute approximate surface area is 302 Å². The molecule has 240 valence electrons. The van der Waals surface area contributed by atoms with Crippen LogP contribution in [0.2, 0.25) is 0 Å². The van der Waals surface area contributed by atoms with Gasteiger partial charge in [-0.1, -0.05) is 194 Å². The van der Waals surface area contributed by atoms with Gasteiger partial charge in [0, 0.05) is 0 Å². The molecule has 0 heterocycles. The van der Waals surface area contributed by atoms with Crippen LogP contribution in [-0.2, 0) is 0 Å². The van der Waals surface area contributed by atoms with Gasteiger partial charge in [-0.15, -0.1) is 0 Å². The summed E-state index contributed by atoms with van der Waals surface area (Å²) in [6.45, 7) is 0. The van der Waals surface area contributed by atoms with Crippen molar-refractivity contribution in [3.05, 3.63) is 194 Å². The Morgan fingerprint density at radius 2 is 0.615 bits per heavy atom. The molecule has 0 aliphatic heterocycles. The van der Waals surface area contributed by atoms with Gasteiger partial charge in [0.05, 0.1) is 0 Å². The van der Waals surface area contributed by atoms with E-state index in [4.69, 9.17) is 0 Å². The SMILES string of the molecule is c1ccc(-c2c(-c3ccccc3)c(-c3ccccc3)c3c(ccc4c5c(c6c7ccccc7ccc6c43)-c3ccccc3-5)c2-c2ccccc2)cc1. The summed E-state index contributed by atoms with van der Waals surface area (Å²) < 4.78 is 0. The summed E-state index contributed by atoms with van der Waals surface area (Å²) in [5, 5.41) is 10.4. The van der Waals surface area contributed by atoms with E-state index >= 15 is 0 Å². The quantitative estimate of drug-likeness (QED) is 0.165. The molecule has 0 nitrogen and oxygen atoms in total. The highest BCUT2D eigenvalue weighted by molar-refractivity contribution is 6.39. The van der Waals surface area contributed by atoms with E-state index in [1.807, 2.05) is 0 Å². The molecule has 1 aliphatic carbocycles. The first-order chi connectivity index (χ1) is 25.9. The van der Waals surface area contributed by atoms with Crippen LogP contribution in [0.5, 0.6) is 0 Å². The summed E-state index contributed by atoms with van der Waals surface area (Å²) in [5.41, 5.74) is 15.3. The Balaban J connectivity index is 1.48. The van der Waals surface area contributed by atoms with Crippen molar-refractivity contribution in [2.45, 2.75) is 0 Å². The lowest BCUT2D eigenvalue weighted by Gasteiger charge is -2.31. The zero-order chi connectivity index (χ0) is 34.2. The maximum atomic E-state index is 2.42. The van der Waals surface area contributed by atoms with E-state index in [9.17, 15) is 0 Å². The Hall–Kier alpha value is -6.76. The van der Waals surface area contributed by atoms with Gasteiger partial charge in [0.2, 0.25) is 0 Å². The van der Waals surface area contributed by atoms with Crippen LogP contribution in [0.4, 0.5) is 0 Å². The number of hydrogen-bond donors (Lipinski definition) is 0. The van der Waals surface area contributed by atoms with Gasteiger partial charge in [-0.3, -0.25) is 0 Å². The van der Waals surface area contributed by atoms with Crippen LogP contribution in [0.1, 0.15) is 0 Å². The second-order valence-electron chi connectivity index (χ2n) is 13.9. The van der Waals surface area contributed by atoms with Crippen molar-refractivity contribution >= 4 is 43.1 Å². The Bertz CT molecular complexity index is 3010. The minimum atomic E-state index is 1.21. The van der Waals surface area contributed by atoms with E-state index in [-0.39, 0.29) is 0 Å². The fourth-order valence-electron chi connectivity index (χ4n) is 9.07. The zero-order valence-electron chi connectivity index (χ0n) is 28.5. The molecule has 0 bridgehead atoms. The normalized spacial score (nSPS) is 11.8. The molecule has 1 aliphatic rings. The molecule has 0 atom stereocenters. The van der Waals surface area contributed by atoms with Gasteiger partial charge in [-0.05, 0) is 110 Å². The van der Waals surface area contributed by atoms with E-state index in [0.29, 0.717) is 0 Å². The monoisotopic (exact) mass is 656 g/mol. The van der Waals surface area contributed by atoms with Crippen molar-refractivity contribution in [1.29, 1.82) is 0 Å². The molecule has 0 N–H and O–H groups in total. The van der Waals surface area contributed by atoms with E-state index in [0.717, 1.165) is 0 Å². The van der Waals surface area contributed by atoms with E-state index < -0.39 is 0 Å². The molecule has 10 aromatic carbocycles. The minimum absolute atomic E-state index is 1.21. The average molecular weight is 657 g/mol. The predicted molar refractivity (Wildman–Crippen MR) is 223 cm³/mol. The van der Waals surface area contributed by atoms with Crippen molar-refractivity contribution < 1.29 is 0 Å². The zero-order valence-corrected chi connectivity index (χ0v) is 28.5. The first kappa shape index (κ1) is 29.0. The third kappa shape index (κ3) is 4.10. The van der Waals surface area contributed by atoms with Gasteiger partial charge >= 0.3 is 0 Å². The first-order valence-electron chi connectivity index (χ1n) is 18.1. The van der Waals surface area contributed by atoms with Crippen LogP contribution in [0, 0.1) is 0 Å². The van der Waals surface area contributed by atoms with E-state index in [2.05, 4.69) is 194 Å². The van der Waals surface area contributed by atoms with Crippen LogP contribution in [0.15, 0.2) is 194 Å². The minimum Gasteiger partial charge on any atom is -0.0622 e. The molecule has 0 amide bonds. The second-order valence-corrected chi connectivity index (χ2v) is 13.9. The topological polar surface area (TPSA) is 0 Å². The molecule has 0 unspecified atom stereocenters. The highest BCUT2D eigenvalue weighted by Gasteiger charge is 2.31. The molecule has 11 rings (SSSR count). The van der Waals surface area contributed by atoms with Crippen LogP contribution < -0.4 is 0 Å². The maximum Gasteiger partial charge on any atom is -0.000740 e. The standard InChI is InChI=1S/C52H32/c1-5-18-34(19-6-1)44-41-31-32-43-49-39-27-15-16-28-40(39)51(49)48-38-26-14-13-17-33(38)29-30-42(48)50(43)52(41)47(37-24-11-4-12-25-37)46(36-22-9-3-10-23-36)45(44)35-20-7-2-8-21-35/h1-32H. The summed E-state index contributed by atoms with van der Waals surface area (Å²) >= 11 is 0. The first-order valence-corrected chi connectivity index (χ1v) is 18.1. The summed E-state index contributed by atoms with van der Waals surface area (Å²) in [6.07, 6.45) is 0. The predicted octanol–water partition coefficient (Wildman–Crippen LogP) is 14.6. The van der Waals surface area contributed by atoms with Gasteiger partial charge in [-0.25, -0.2) is 0 Å². The molecule has 0 heteroatoms. The van der Waals surface area contributed by atoms with Gasteiger partial charge in [0.1, 0.15) is 0 Å². The lowest BCUT2D eigenvalue weighted by molar-refractivity contribution is 1.57. The van der Waals surface area contributed by atoms with Gasteiger partial charge in [0.25, 0.3) is 0 Å². The van der Waals surface area contributed by atoms with E-state index in [1.165, 1.54) is 110 Å². The smallest absolute Gasteiger partial charge is 0.000740 e. The molecular formula is C52H32. The van der Waals surface area contributed by atoms with Gasteiger partial charge < -0.3 is 0 Å². The van der Waals surface area contributed by atoms with Crippen LogP contribution in [0.25, 0.3) is 110 Å². The van der Waals surface area contributed by atoms with Crippen molar-refractivity contribution in [3.8, 4) is 66.8 Å². The molecule has 0 spiro atoms. The Kier molecular flexibility index (Phi) is 6.35. The average Bonchev–Trinajstić information content (AvgIpc) is 3.22. The highest BCUT2D eigenvalue weighted by atomic mass is 14.3. The van der Waals surface area contributed by atoms with E-state index in [1.54, 1.807) is 0 Å². The molecule has 0 aromatic heterocycles. The highest BCUT2D eigenvalue weighted by Crippen LogP contribution is 2.59. The third-order valence-electron chi connectivity index (χ3n) is 11.2. The van der Waals surface area contributed by atoms with Crippen molar-refractivity contribution in [2.24, 2.45) is 0 Å². The third-order valence-corrected chi connectivity index (χ3v) is 11.2. The summed E-state index contributed by atoms with van der Waals surface area (Å²) in [7, 11) is 0. The Morgan fingerprint density at radius 1 is 0.192 bits per heavy atom. The van der Waals surface area contributed by atoms with Crippen LogP contribution in [-0.4, -0.2) is 0 Å². The molecular weight excluding hydrogens is 625 g/mol. The number of hydrogen-bond acceptors (Lipinski definition) is 0.